The van der Waals surface area contributed by atoms with E-state index in [2.05, 4.69) is 20.9 Å². The van der Waals surface area contributed by atoms with Crippen molar-refractivity contribution in [2.45, 2.75) is 17.4 Å². The Hall–Kier alpha value is -1.60. The van der Waals surface area contributed by atoms with Crippen molar-refractivity contribution < 1.29 is 5.11 Å². The van der Waals surface area contributed by atoms with E-state index in [9.17, 15) is 9.90 Å². The molecule has 2 aliphatic rings. The van der Waals surface area contributed by atoms with E-state index in [-0.39, 0.29) is 17.6 Å². The van der Waals surface area contributed by atoms with Crippen LogP contribution in [0, 0.1) is 5.92 Å². The fourth-order valence-electron chi connectivity index (χ4n) is 3.56. The molecule has 1 saturated heterocycles. The lowest BCUT2D eigenvalue weighted by molar-refractivity contribution is 0.151. The number of halogens is 1. The number of aliphatic hydroxyl groups excluding tert-OH is 1. The molecule has 1 aliphatic heterocycles. The number of hydrogen-bond acceptors (Lipinski definition) is 5. The van der Waals surface area contributed by atoms with Crippen molar-refractivity contribution in [1.29, 1.82) is 0 Å². The Morgan fingerprint density at radius 2 is 2.12 bits per heavy atom. The molecule has 0 radical (unpaired) electrons. The Bertz CT molecular complexity index is 881. The Kier molecular flexibility index (Phi) is 5.18. The molecule has 2 atom stereocenters. The zero-order chi connectivity index (χ0) is 18.1. The van der Waals surface area contributed by atoms with Crippen LogP contribution in [0.25, 0.3) is 5.57 Å². The van der Waals surface area contributed by atoms with E-state index >= 15 is 0 Å². The van der Waals surface area contributed by atoms with Crippen LogP contribution in [0.3, 0.4) is 0 Å². The van der Waals surface area contributed by atoms with Gasteiger partial charge in [0, 0.05) is 46.8 Å². The molecule has 0 amide bonds. The van der Waals surface area contributed by atoms with Gasteiger partial charge in [-0.3, -0.25) is 9.69 Å². The number of nitrogens with one attached hydrogen (secondary N) is 1. The summed E-state index contributed by atoms with van der Waals surface area (Å²) in [5.41, 5.74) is 2.59. The lowest BCUT2D eigenvalue weighted by Crippen LogP contribution is -2.24. The molecule has 2 aromatic rings. The quantitative estimate of drug-likeness (QED) is 0.769. The van der Waals surface area contributed by atoms with Gasteiger partial charge < -0.3 is 10.1 Å². The lowest BCUT2D eigenvalue weighted by Gasteiger charge is -2.16. The number of hydrogen-bond donors (Lipinski definition) is 2. The maximum atomic E-state index is 11.8. The van der Waals surface area contributed by atoms with Gasteiger partial charge in [-0.25, -0.2) is 4.98 Å². The fraction of sp³-hybridized carbons (Fsp3) is 0.368. The maximum absolute atomic E-state index is 11.8. The number of β-amino-alcohol motifs (C(OH)–C–C–N with tert-alkyl or cyclic N) is 1. The van der Waals surface area contributed by atoms with Gasteiger partial charge in [0.05, 0.1) is 18.1 Å². The fourth-order valence-corrected chi connectivity index (χ4v) is 4.75. The van der Waals surface area contributed by atoms with Crippen LogP contribution in [0.4, 0.5) is 0 Å². The third kappa shape index (κ3) is 3.74. The molecule has 0 saturated carbocycles. The number of benzene rings is 1. The van der Waals surface area contributed by atoms with Gasteiger partial charge in [0.15, 0.2) is 0 Å². The highest BCUT2D eigenvalue weighted by Gasteiger charge is 2.32. The summed E-state index contributed by atoms with van der Waals surface area (Å²) >= 11 is 7.67. The third-order valence-electron chi connectivity index (χ3n) is 4.96. The normalized spacial score (nSPS) is 22.5. The van der Waals surface area contributed by atoms with Crippen molar-refractivity contribution in [3.63, 3.8) is 0 Å². The number of aliphatic hydroxyl groups is 1. The van der Waals surface area contributed by atoms with Gasteiger partial charge in [-0.15, -0.1) is 11.8 Å². The number of H-pyrrole nitrogens is 1. The summed E-state index contributed by atoms with van der Waals surface area (Å²) < 4.78 is 0. The highest BCUT2D eigenvalue weighted by atomic mass is 35.5. The van der Waals surface area contributed by atoms with E-state index in [0.717, 1.165) is 45.6 Å². The first-order valence-corrected chi connectivity index (χ1v) is 10.0. The molecule has 2 heterocycles. The number of rotatable bonds is 5. The van der Waals surface area contributed by atoms with Gasteiger partial charge in [-0.05, 0) is 36.3 Å². The molecule has 0 bridgehead atoms. The standard InChI is InChI=1S/C19H20ClN3O2S/c20-14-2-4-15(5-3-14)26-10-13-8-23(9-17(13)24)7-12-1-6-16-18(12)21-11-22-19(16)25/h1-5,11,13,17,24H,6-10H2,(H,21,22,25)/t13-,17+/m1/s1. The highest BCUT2D eigenvalue weighted by molar-refractivity contribution is 7.99. The van der Waals surface area contributed by atoms with Crippen molar-refractivity contribution >= 4 is 28.9 Å². The molecule has 7 heteroatoms. The highest BCUT2D eigenvalue weighted by Crippen LogP contribution is 2.29. The molecule has 1 aromatic heterocycles. The second-order valence-electron chi connectivity index (χ2n) is 6.78. The van der Waals surface area contributed by atoms with Crippen LogP contribution in [-0.2, 0) is 6.42 Å². The smallest absolute Gasteiger partial charge is 0.254 e. The minimum Gasteiger partial charge on any atom is -0.391 e. The number of thioether (sulfide) groups is 1. The summed E-state index contributed by atoms with van der Waals surface area (Å²) in [5, 5.41) is 11.2. The molecule has 136 valence electrons. The number of fused-ring (bicyclic) bond motifs is 1. The zero-order valence-electron chi connectivity index (χ0n) is 14.2. The number of allylic oxidation sites excluding steroid dienone is 1. The average molecular weight is 390 g/mol. The zero-order valence-corrected chi connectivity index (χ0v) is 15.8. The predicted molar refractivity (Wildman–Crippen MR) is 105 cm³/mol. The Labute approximate surface area is 161 Å². The Morgan fingerprint density at radius 1 is 1.31 bits per heavy atom. The summed E-state index contributed by atoms with van der Waals surface area (Å²) in [6, 6.07) is 7.80. The van der Waals surface area contributed by atoms with Crippen molar-refractivity contribution in [2.24, 2.45) is 5.92 Å². The van der Waals surface area contributed by atoms with Crippen LogP contribution >= 0.6 is 23.4 Å². The monoisotopic (exact) mass is 389 g/mol. The third-order valence-corrected chi connectivity index (χ3v) is 6.41. The summed E-state index contributed by atoms with van der Waals surface area (Å²) in [4.78, 5) is 22.2. The molecule has 0 unspecified atom stereocenters. The molecular weight excluding hydrogens is 370 g/mol. The Balaban J connectivity index is 1.35. The van der Waals surface area contributed by atoms with Crippen LogP contribution in [0.1, 0.15) is 11.3 Å². The average Bonchev–Trinajstić information content (AvgIpc) is 3.19. The molecule has 1 aromatic carbocycles. The predicted octanol–water partition coefficient (Wildman–Crippen LogP) is 2.45. The largest absolute Gasteiger partial charge is 0.391 e. The SMILES string of the molecule is O=c1[nH]cnc2c1CC=C2CN1C[C@H](CSc2ccc(Cl)cc2)[C@@H](O)C1. The molecule has 26 heavy (non-hydrogen) atoms. The minimum atomic E-state index is -0.330. The summed E-state index contributed by atoms with van der Waals surface area (Å²) in [5.74, 6) is 1.09. The maximum Gasteiger partial charge on any atom is 0.254 e. The summed E-state index contributed by atoms with van der Waals surface area (Å²) in [6.45, 7) is 2.22. The van der Waals surface area contributed by atoms with Crippen LogP contribution in [0.2, 0.25) is 5.02 Å². The molecule has 2 N–H and O–H groups in total. The number of likely N-dealkylation sites (tertiary alicyclic amines) is 1. The van der Waals surface area contributed by atoms with Crippen LogP contribution in [-0.4, -0.2) is 51.5 Å². The number of aromatic nitrogens is 2. The van der Waals surface area contributed by atoms with Crippen molar-refractivity contribution in [1.82, 2.24) is 14.9 Å². The van der Waals surface area contributed by atoms with Gasteiger partial charge in [0.2, 0.25) is 0 Å². The second kappa shape index (κ2) is 7.56. The van der Waals surface area contributed by atoms with Gasteiger partial charge in [0.25, 0.3) is 5.56 Å². The van der Waals surface area contributed by atoms with Crippen LogP contribution < -0.4 is 5.56 Å². The van der Waals surface area contributed by atoms with Gasteiger partial charge in [0.1, 0.15) is 0 Å². The summed E-state index contributed by atoms with van der Waals surface area (Å²) in [6.07, 6.45) is 3.85. The first-order valence-electron chi connectivity index (χ1n) is 8.65. The van der Waals surface area contributed by atoms with Crippen molar-refractivity contribution in [3.05, 3.63) is 63.3 Å². The van der Waals surface area contributed by atoms with Crippen molar-refractivity contribution in [3.8, 4) is 0 Å². The van der Waals surface area contributed by atoms with Gasteiger partial charge in [-0.2, -0.15) is 0 Å². The number of aromatic amines is 1. The van der Waals surface area contributed by atoms with E-state index in [0.29, 0.717) is 13.0 Å². The molecular formula is C19H20ClN3O2S. The summed E-state index contributed by atoms with van der Waals surface area (Å²) in [7, 11) is 0. The first-order chi connectivity index (χ1) is 12.6. The van der Waals surface area contributed by atoms with E-state index in [1.165, 1.54) is 6.33 Å². The van der Waals surface area contributed by atoms with Gasteiger partial charge >= 0.3 is 0 Å². The molecule has 1 aliphatic carbocycles. The van der Waals surface area contributed by atoms with E-state index in [1.807, 2.05) is 24.3 Å². The van der Waals surface area contributed by atoms with Crippen molar-refractivity contribution in [2.75, 3.05) is 25.4 Å². The molecule has 0 spiro atoms. The van der Waals surface area contributed by atoms with E-state index < -0.39 is 0 Å². The molecule has 1 fully saturated rings. The van der Waals surface area contributed by atoms with Crippen LogP contribution in [0.5, 0.6) is 0 Å². The second-order valence-corrected chi connectivity index (χ2v) is 8.31. The molecule has 4 rings (SSSR count). The van der Waals surface area contributed by atoms with E-state index in [4.69, 9.17) is 11.6 Å². The Morgan fingerprint density at radius 3 is 2.92 bits per heavy atom. The lowest BCUT2D eigenvalue weighted by atomic mass is 10.1. The van der Waals surface area contributed by atoms with Crippen LogP contribution in [0.15, 0.2) is 46.4 Å². The van der Waals surface area contributed by atoms with Gasteiger partial charge in [-0.1, -0.05) is 17.7 Å². The minimum absolute atomic E-state index is 0.0556. The van der Waals surface area contributed by atoms with E-state index in [1.54, 1.807) is 11.8 Å². The topological polar surface area (TPSA) is 69.2 Å². The molecule has 5 nitrogen and oxygen atoms in total. The first kappa shape index (κ1) is 17.8. The number of nitrogens with zero attached hydrogens (tertiary/aromatic N) is 2.